The number of nitrogens with zero attached hydrogens (tertiary/aromatic N) is 1. The van der Waals surface area contributed by atoms with Crippen LogP contribution >= 0.6 is 11.3 Å². The van der Waals surface area contributed by atoms with E-state index in [0.29, 0.717) is 16.9 Å². The van der Waals surface area contributed by atoms with Crippen LogP contribution < -0.4 is 10.6 Å². The molecule has 1 aromatic carbocycles. The molecule has 0 saturated heterocycles. The fourth-order valence-corrected chi connectivity index (χ4v) is 2.79. The smallest absolute Gasteiger partial charge is 0.412 e. The van der Waals surface area contributed by atoms with E-state index < -0.39 is 36.2 Å². The summed E-state index contributed by atoms with van der Waals surface area (Å²) < 4.78 is 5.18. The highest BCUT2D eigenvalue weighted by atomic mass is 32.1. The van der Waals surface area contributed by atoms with Gasteiger partial charge in [0.2, 0.25) is 0 Å². The maximum atomic E-state index is 12.1. The van der Waals surface area contributed by atoms with Crippen LogP contribution in [0.2, 0.25) is 0 Å². The average molecular weight is 407 g/mol. The lowest BCUT2D eigenvalue weighted by Crippen LogP contribution is -2.43. The molecule has 1 unspecified atom stereocenters. The van der Waals surface area contributed by atoms with Gasteiger partial charge in [-0.15, -0.1) is 11.3 Å². The van der Waals surface area contributed by atoms with Crippen LogP contribution in [-0.2, 0) is 9.53 Å². The van der Waals surface area contributed by atoms with Crippen molar-refractivity contribution in [2.75, 3.05) is 11.9 Å². The molecule has 2 amide bonds. The van der Waals surface area contributed by atoms with Crippen molar-refractivity contribution in [2.24, 2.45) is 0 Å². The molecule has 1 atom stereocenters. The Balaban J connectivity index is 2.04. The number of carboxylic acids is 1. The first kappa shape index (κ1) is 21.3. The van der Waals surface area contributed by atoms with E-state index in [9.17, 15) is 14.4 Å². The molecule has 0 aliphatic rings. The number of ether oxygens (including phenoxy) is 1. The molecule has 1 heterocycles. The van der Waals surface area contributed by atoms with Crippen molar-refractivity contribution in [3.05, 3.63) is 34.7 Å². The van der Waals surface area contributed by atoms with Crippen molar-refractivity contribution < 1.29 is 29.3 Å². The van der Waals surface area contributed by atoms with E-state index in [2.05, 4.69) is 15.6 Å². The Morgan fingerprint density at radius 3 is 2.39 bits per heavy atom. The fourth-order valence-electron chi connectivity index (χ4n) is 2.06. The molecule has 1 aromatic heterocycles. The third-order valence-electron chi connectivity index (χ3n) is 3.31. The number of carbonyl (C=O) groups is 3. The second-order valence-electron chi connectivity index (χ2n) is 6.79. The number of aliphatic hydroxyl groups excluding tert-OH is 1. The van der Waals surface area contributed by atoms with E-state index in [0.717, 1.165) is 11.3 Å². The Morgan fingerprint density at radius 1 is 1.21 bits per heavy atom. The second-order valence-corrected chi connectivity index (χ2v) is 7.65. The van der Waals surface area contributed by atoms with E-state index >= 15 is 0 Å². The van der Waals surface area contributed by atoms with Gasteiger partial charge < -0.3 is 20.3 Å². The molecule has 0 radical (unpaired) electrons. The Morgan fingerprint density at radius 2 is 1.86 bits per heavy atom. The highest BCUT2D eigenvalue weighted by Crippen LogP contribution is 2.24. The summed E-state index contributed by atoms with van der Waals surface area (Å²) in [6, 6.07) is 5.39. The monoisotopic (exact) mass is 407 g/mol. The molecular weight excluding hydrogens is 386 g/mol. The number of aliphatic hydroxyl groups is 1. The maximum absolute atomic E-state index is 12.1. The number of benzene rings is 1. The van der Waals surface area contributed by atoms with Crippen molar-refractivity contribution in [1.29, 1.82) is 0 Å². The molecule has 0 spiro atoms. The van der Waals surface area contributed by atoms with Crippen molar-refractivity contribution >= 4 is 35.0 Å². The first-order valence-electron chi connectivity index (χ1n) is 8.29. The van der Waals surface area contributed by atoms with E-state index in [1.807, 2.05) is 0 Å². The van der Waals surface area contributed by atoms with E-state index in [-0.39, 0.29) is 5.01 Å². The third-order valence-corrected chi connectivity index (χ3v) is 4.15. The predicted octanol–water partition coefficient (Wildman–Crippen LogP) is 2.33. The van der Waals surface area contributed by atoms with Crippen LogP contribution in [0.15, 0.2) is 29.6 Å². The van der Waals surface area contributed by atoms with Crippen LogP contribution in [0, 0.1) is 0 Å². The number of carbonyl (C=O) groups excluding carboxylic acids is 2. The molecule has 4 N–H and O–H groups in total. The summed E-state index contributed by atoms with van der Waals surface area (Å²) >= 11 is 1.05. The van der Waals surface area contributed by atoms with Crippen LogP contribution in [0.4, 0.5) is 10.5 Å². The van der Waals surface area contributed by atoms with Gasteiger partial charge in [0.15, 0.2) is 11.0 Å². The molecule has 0 aliphatic carbocycles. The number of thiazole rings is 1. The minimum atomic E-state index is -1.39. The number of rotatable bonds is 6. The summed E-state index contributed by atoms with van der Waals surface area (Å²) in [6.07, 6.45) is -0.565. The van der Waals surface area contributed by atoms with E-state index in [1.54, 1.807) is 50.4 Å². The van der Waals surface area contributed by atoms with Crippen molar-refractivity contribution in [1.82, 2.24) is 10.3 Å². The van der Waals surface area contributed by atoms with Crippen LogP contribution in [0.3, 0.4) is 0 Å². The second kappa shape index (κ2) is 8.81. The zero-order valence-corrected chi connectivity index (χ0v) is 16.4. The number of aromatic nitrogens is 1. The van der Waals surface area contributed by atoms with Gasteiger partial charge >= 0.3 is 12.1 Å². The van der Waals surface area contributed by atoms with Crippen LogP contribution in [-0.4, -0.2) is 51.4 Å². The predicted molar refractivity (Wildman–Crippen MR) is 103 cm³/mol. The Labute approximate surface area is 165 Å². The fraction of sp³-hybridized carbons (Fsp3) is 0.333. The summed E-state index contributed by atoms with van der Waals surface area (Å²) in [6.45, 7) is 4.59. The summed E-state index contributed by atoms with van der Waals surface area (Å²) in [7, 11) is 0. The zero-order valence-electron chi connectivity index (χ0n) is 15.6. The average Bonchev–Trinajstić information content (AvgIpc) is 3.08. The Hall–Kier alpha value is -2.98. The maximum Gasteiger partial charge on any atom is 0.412 e. The normalized spacial score (nSPS) is 12.1. The number of hydrogen-bond acceptors (Lipinski definition) is 7. The van der Waals surface area contributed by atoms with Crippen molar-refractivity contribution in [2.45, 2.75) is 32.4 Å². The SMILES string of the molecule is CC(C)(C)OC(=O)Nc1ccc(-c2csc(C(=O)NC(CO)C(=O)O)n2)cc1. The summed E-state index contributed by atoms with van der Waals surface area (Å²) in [5, 5.41) is 24.4. The van der Waals surface area contributed by atoms with Crippen LogP contribution in [0.5, 0.6) is 0 Å². The van der Waals surface area contributed by atoms with Gasteiger partial charge in [-0.3, -0.25) is 10.1 Å². The molecule has 0 fully saturated rings. The molecule has 9 nitrogen and oxygen atoms in total. The minimum Gasteiger partial charge on any atom is -0.480 e. The highest BCUT2D eigenvalue weighted by Gasteiger charge is 2.21. The number of aliphatic carboxylic acids is 1. The van der Waals surface area contributed by atoms with Gasteiger partial charge in [0.25, 0.3) is 5.91 Å². The number of nitrogens with one attached hydrogen (secondary N) is 2. The quantitative estimate of drug-likeness (QED) is 0.576. The minimum absolute atomic E-state index is 0.0747. The number of hydrogen-bond donors (Lipinski definition) is 4. The Bertz CT molecular complexity index is 857. The topological polar surface area (TPSA) is 138 Å². The van der Waals surface area contributed by atoms with Crippen molar-refractivity contribution in [3.8, 4) is 11.3 Å². The largest absolute Gasteiger partial charge is 0.480 e. The van der Waals surface area contributed by atoms with Crippen LogP contribution in [0.1, 0.15) is 30.6 Å². The lowest BCUT2D eigenvalue weighted by Gasteiger charge is -2.19. The van der Waals surface area contributed by atoms with Gasteiger partial charge in [-0.2, -0.15) is 0 Å². The molecule has 2 aromatic rings. The first-order valence-corrected chi connectivity index (χ1v) is 9.17. The van der Waals surface area contributed by atoms with Gasteiger partial charge in [0.05, 0.1) is 12.3 Å². The van der Waals surface area contributed by atoms with Crippen molar-refractivity contribution in [3.63, 3.8) is 0 Å². The molecule has 28 heavy (non-hydrogen) atoms. The summed E-state index contributed by atoms with van der Waals surface area (Å²) in [5.74, 6) is -2.01. The van der Waals surface area contributed by atoms with E-state index in [4.69, 9.17) is 14.9 Å². The molecular formula is C18H21N3O6S. The molecule has 0 aliphatic heterocycles. The number of anilines is 1. The summed E-state index contributed by atoms with van der Waals surface area (Å²) in [5.41, 5.74) is 1.17. The first-order chi connectivity index (χ1) is 13.1. The van der Waals surface area contributed by atoms with Gasteiger partial charge in [0.1, 0.15) is 5.60 Å². The van der Waals surface area contributed by atoms with Gasteiger partial charge in [-0.1, -0.05) is 12.1 Å². The van der Waals surface area contributed by atoms with E-state index in [1.165, 1.54) is 0 Å². The number of amides is 2. The molecule has 2 rings (SSSR count). The lowest BCUT2D eigenvalue weighted by molar-refractivity contribution is -0.140. The molecule has 0 bridgehead atoms. The summed E-state index contributed by atoms with van der Waals surface area (Å²) in [4.78, 5) is 38.9. The van der Waals surface area contributed by atoms with Crippen LogP contribution in [0.25, 0.3) is 11.3 Å². The lowest BCUT2D eigenvalue weighted by atomic mass is 10.1. The van der Waals surface area contributed by atoms with Gasteiger partial charge in [0, 0.05) is 16.6 Å². The zero-order chi connectivity index (χ0) is 20.9. The van der Waals surface area contributed by atoms with Gasteiger partial charge in [-0.05, 0) is 32.9 Å². The molecule has 10 heteroatoms. The number of carboxylic acid groups (broad SMARTS) is 1. The molecule has 0 saturated carbocycles. The third kappa shape index (κ3) is 6.03. The molecule has 150 valence electrons. The highest BCUT2D eigenvalue weighted by molar-refractivity contribution is 7.12. The van der Waals surface area contributed by atoms with Gasteiger partial charge in [-0.25, -0.2) is 14.6 Å². The Kier molecular flexibility index (Phi) is 6.71. The standard InChI is InChI=1S/C18H21N3O6S/c1-18(2,3)27-17(26)19-11-6-4-10(5-7-11)13-9-28-15(21-13)14(23)20-12(8-22)16(24)25/h4-7,9,12,22H,8H2,1-3H3,(H,19,26)(H,20,23)(H,24,25).